The van der Waals surface area contributed by atoms with Gasteiger partial charge >= 0.3 is 0 Å². The summed E-state index contributed by atoms with van der Waals surface area (Å²) in [7, 11) is -1.92. The van der Waals surface area contributed by atoms with Crippen LogP contribution in [0.4, 0.5) is 5.69 Å². The molecule has 0 spiro atoms. The van der Waals surface area contributed by atoms with Gasteiger partial charge in [-0.25, -0.2) is 0 Å². The summed E-state index contributed by atoms with van der Waals surface area (Å²) in [5.41, 5.74) is 0.657. The molecule has 0 radical (unpaired) electrons. The maximum atomic E-state index is 11.8. The quantitative estimate of drug-likeness (QED) is 0.791. The van der Waals surface area contributed by atoms with Gasteiger partial charge in [0.2, 0.25) is 0 Å². The zero-order valence-electron chi connectivity index (χ0n) is 9.84. The number of rotatable bonds is 4. The monoisotopic (exact) mass is 332 g/mol. The number of anilines is 1. The summed E-state index contributed by atoms with van der Waals surface area (Å²) in [6.07, 6.45) is 2.17. The van der Waals surface area contributed by atoms with Crippen LogP contribution >= 0.6 is 15.9 Å². The van der Waals surface area contributed by atoms with E-state index in [1.807, 2.05) is 11.0 Å². The fourth-order valence-electron chi connectivity index (χ4n) is 1.73. The lowest BCUT2D eigenvalue weighted by molar-refractivity contribution is 0.197. The molecule has 0 amide bonds. The van der Waals surface area contributed by atoms with E-state index in [-0.39, 0.29) is 4.90 Å². The van der Waals surface area contributed by atoms with Crippen molar-refractivity contribution in [2.75, 3.05) is 25.2 Å². The Morgan fingerprint density at radius 2 is 2.22 bits per heavy atom. The first kappa shape index (κ1) is 13.5. The Bertz CT molecular complexity index is 572. The van der Waals surface area contributed by atoms with E-state index in [0.717, 1.165) is 10.9 Å². The number of hydrogen-bond donors (Lipinski definition) is 0. The molecule has 1 aromatic carbocycles. The molecule has 1 aliphatic heterocycles. The van der Waals surface area contributed by atoms with Gasteiger partial charge in [0, 0.05) is 24.7 Å². The van der Waals surface area contributed by atoms with Crippen LogP contribution in [0.15, 0.2) is 32.0 Å². The molecular weight excluding hydrogens is 320 g/mol. The van der Waals surface area contributed by atoms with Gasteiger partial charge in [-0.3, -0.25) is 0 Å². The number of halogens is 1. The van der Waals surface area contributed by atoms with E-state index in [1.54, 1.807) is 19.2 Å². The maximum absolute atomic E-state index is 11.8. The van der Waals surface area contributed by atoms with E-state index in [2.05, 4.69) is 20.3 Å². The Hall–Kier alpha value is -0.920. The predicted octanol–water partition coefficient (Wildman–Crippen LogP) is 2.02. The third-order valence-electron chi connectivity index (χ3n) is 2.58. The molecule has 2 rings (SSSR count). The Kier molecular flexibility index (Phi) is 4.04. The Morgan fingerprint density at radius 3 is 2.94 bits per heavy atom. The number of fused-ring (bicyclic) bond motifs is 1. The zero-order valence-corrected chi connectivity index (χ0v) is 12.2. The standard InChI is InChI=1S/C11H13BrN2O3S/c1-17-6-2-5-14-8-13-18(15,16)11-7-9(12)3-4-10(11)14/h3-4,7-8H,2,5-6H2,1H3. The number of sulfonamides is 1. The molecule has 1 heterocycles. The highest BCUT2D eigenvalue weighted by Crippen LogP contribution is 2.32. The molecular formula is C11H13BrN2O3S. The minimum absolute atomic E-state index is 0.233. The van der Waals surface area contributed by atoms with Crippen molar-refractivity contribution < 1.29 is 13.2 Å². The van der Waals surface area contributed by atoms with Crippen molar-refractivity contribution in [2.45, 2.75) is 11.3 Å². The number of ether oxygens (including phenoxy) is 1. The van der Waals surface area contributed by atoms with E-state index in [9.17, 15) is 8.42 Å². The van der Waals surface area contributed by atoms with E-state index >= 15 is 0 Å². The fraction of sp³-hybridized carbons (Fsp3) is 0.364. The largest absolute Gasteiger partial charge is 0.385 e. The third kappa shape index (κ3) is 2.73. The highest BCUT2D eigenvalue weighted by molar-refractivity contribution is 9.10. The fourth-order valence-corrected chi connectivity index (χ4v) is 3.32. The number of nitrogens with zero attached hydrogens (tertiary/aromatic N) is 2. The van der Waals surface area contributed by atoms with Crippen molar-refractivity contribution in [1.82, 2.24) is 0 Å². The molecule has 0 N–H and O–H groups in total. The first-order valence-electron chi connectivity index (χ1n) is 5.40. The topological polar surface area (TPSA) is 59.0 Å². The molecule has 0 bridgehead atoms. The SMILES string of the molecule is COCCCN1C=NS(=O)(=O)c2cc(Br)ccc21. The summed E-state index contributed by atoms with van der Waals surface area (Å²) in [4.78, 5) is 2.05. The lowest BCUT2D eigenvalue weighted by Gasteiger charge is -2.25. The number of benzene rings is 1. The number of hydrogen-bond acceptors (Lipinski definition) is 4. The molecule has 0 unspecified atom stereocenters. The third-order valence-corrected chi connectivity index (χ3v) is 4.33. The van der Waals surface area contributed by atoms with Crippen LogP contribution in [0.2, 0.25) is 0 Å². The minimum atomic E-state index is -3.56. The first-order chi connectivity index (χ1) is 8.54. The molecule has 18 heavy (non-hydrogen) atoms. The van der Waals surface area contributed by atoms with Crippen molar-refractivity contribution in [3.05, 3.63) is 22.7 Å². The Morgan fingerprint density at radius 1 is 1.44 bits per heavy atom. The van der Waals surface area contributed by atoms with Gasteiger partial charge in [0.1, 0.15) is 11.2 Å². The van der Waals surface area contributed by atoms with Gasteiger partial charge in [-0.05, 0) is 24.6 Å². The summed E-state index contributed by atoms with van der Waals surface area (Å²) in [5, 5.41) is 0. The molecule has 5 nitrogen and oxygen atoms in total. The van der Waals surface area contributed by atoms with Crippen LogP contribution in [-0.2, 0) is 14.8 Å². The highest BCUT2D eigenvalue weighted by atomic mass is 79.9. The van der Waals surface area contributed by atoms with Gasteiger partial charge in [-0.15, -0.1) is 4.40 Å². The first-order valence-corrected chi connectivity index (χ1v) is 7.63. The van der Waals surface area contributed by atoms with E-state index in [1.165, 1.54) is 6.34 Å². The second kappa shape index (κ2) is 5.38. The van der Waals surface area contributed by atoms with Crippen molar-refractivity contribution in [2.24, 2.45) is 4.40 Å². The molecule has 0 aliphatic carbocycles. The molecule has 0 atom stereocenters. The predicted molar refractivity (Wildman–Crippen MR) is 73.7 cm³/mol. The van der Waals surface area contributed by atoms with Crippen LogP contribution in [0, 0.1) is 0 Å². The Balaban J connectivity index is 2.33. The maximum Gasteiger partial charge on any atom is 0.285 e. The molecule has 1 aliphatic rings. The lowest BCUT2D eigenvalue weighted by atomic mass is 10.3. The second-order valence-electron chi connectivity index (χ2n) is 3.85. The average Bonchev–Trinajstić information content (AvgIpc) is 2.33. The summed E-state index contributed by atoms with van der Waals surface area (Å²) in [5.74, 6) is 0. The van der Waals surface area contributed by atoms with Gasteiger partial charge in [-0.2, -0.15) is 8.42 Å². The molecule has 7 heteroatoms. The van der Waals surface area contributed by atoms with Crippen LogP contribution in [0.3, 0.4) is 0 Å². The van der Waals surface area contributed by atoms with E-state index < -0.39 is 10.0 Å². The molecule has 98 valence electrons. The second-order valence-corrected chi connectivity index (χ2v) is 6.36. The smallest absolute Gasteiger partial charge is 0.285 e. The highest BCUT2D eigenvalue weighted by Gasteiger charge is 2.25. The minimum Gasteiger partial charge on any atom is -0.385 e. The van der Waals surface area contributed by atoms with Gasteiger partial charge in [0.25, 0.3) is 10.0 Å². The van der Waals surface area contributed by atoms with Crippen LogP contribution in [-0.4, -0.2) is 35.0 Å². The van der Waals surface area contributed by atoms with Crippen molar-refractivity contribution in [3.63, 3.8) is 0 Å². The Labute approximate surface area is 115 Å². The summed E-state index contributed by atoms with van der Waals surface area (Å²) in [6.45, 7) is 1.30. The summed E-state index contributed by atoms with van der Waals surface area (Å²) in [6, 6.07) is 5.16. The summed E-state index contributed by atoms with van der Waals surface area (Å²) < 4.78 is 33.0. The van der Waals surface area contributed by atoms with Gasteiger partial charge < -0.3 is 9.64 Å². The average molecular weight is 333 g/mol. The molecule has 0 aromatic heterocycles. The van der Waals surface area contributed by atoms with Gasteiger partial charge in [0.05, 0.1) is 5.69 Å². The summed E-state index contributed by atoms with van der Waals surface area (Å²) >= 11 is 3.27. The van der Waals surface area contributed by atoms with Crippen molar-refractivity contribution in [3.8, 4) is 0 Å². The lowest BCUT2D eigenvalue weighted by Crippen LogP contribution is -2.28. The van der Waals surface area contributed by atoms with Crippen LogP contribution in [0.5, 0.6) is 0 Å². The number of methoxy groups -OCH3 is 1. The van der Waals surface area contributed by atoms with Crippen LogP contribution in [0.1, 0.15) is 6.42 Å². The molecule has 1 aromatic rings. The van der Waals surface area contributed by atoms with Crippen LogP contribution < -0.4 is 4.90 Å². The van der Waals surface area contributed by atoms with Crippen molar-refractivity contribution in [1.29, 1.82) is 0 Å². The molecule has 0 fully saturated rings. The molecule has 0 saturated carbocycles. The van der Waals surface area contributed by atoms with E-state index in [4.69, 9.17) is 4.74 Å². The van der Waals surface area contributed by atoms with E-state index in [0.29, 0.717) is 18.8 Å². The van der Waals surface area contributed by atoms with Crippen molar-refractivity contribution >= 4 is 38.0 Å². The van der Waals surface area contributed by atoms with Gasteiger partial charge in [-0.1, -0.05) is 15.9 Å². The van der Waals surface area contributed by atoms with Gasteiger partial charge in [0.15, 0.2) is 0 Å². The molecule has 0 saturated heterocycles. The van der Waals surface area contributed by atoms with Crippen LogP contribution in [0.25, 0.3) is 0 Å². The zero-order chi connectivity index (χ0) is 13.2. The normalized spacial score (nSPS) is 16.7.